The van der Waals surface area contributed by atoms with Crippen molar-refractivity contribution in [2.24, 2.45) is 5.73 Å². The summed E-state index contributed by atoms with van der Waals surface area (Å²) in [5.41, 5.74) is 6.99. The second-order valence-corrected chi connectivity index (χ2v) is 5.69. The lowest BCUT2D eigenvalue weighted by atomic mass is 10.1. The molecule has 4 N–H and O–H groups in total. The van der Waals surface area contributed by atoms with Crippen LogP contribution in [-0.2, 0) is 0 Å². The molecule has 0 atom stereocenters. The van der Waals surface area contributed by atoms with Gasteiger partial charge < -0.3 is 11.1 Å². The van der Waals surface area contributed by atoms with Crippen molar-refractivity contribution in [1.82, 2.24) is 20.1 Å². The van der Waals surface area contributed by atoms with E-state index in [0.29, 0.717) is 28.3 Å². The summed E-state index contributed by atoms with van der Waals surface area (Å²) in [7, 11) is 1.39. The van der Waals surface area contributed by atoms with Gasteiger partial charge in [0.25, 0.3) is 5.91 Å². The van der Waals surface area contributed by atoms with E-state index in [9.17, 15) is 14.0 Å². The third-order valence-corrected chi connectivity index (χ3v) is 3.92. The highest BCUT2D eigenvalue weighted by Crippen LogP contribution is 2.30. The number of benzene rings is 1. The molecule has 0 saturated carbocycles. The number of hydrogen-bond acceptors (Lipinski definition) is 4. The zero-order chi connectivity index (χ0) is 19.6. The molecule has 0 aliphatic rings. The van der Waals surface area contributed by atoms with Crippen molar-refractivity contribution >= 4 is 17.8 Å². The molecule has 27 heavy (non-hydrogen) atoms. The van der Waals surface area contributed by atoms with Crippen LogP contribution in [0.5, 0.6) is 0 Å². The van der Waals surface area contributed by atoms with Crippen molar-refractivity contribution in [3.63, 3.8) is 0 Å². The summed E-state index contributed by atoms with van der Waals surface area (Å²) in [4.78, 5) is 26.9. The molecule has 3 aromatic rings. The van der Waals surface area contributed by atoms with E-state index in [0.717, 1.165) is 0 Å². The Morgan fingerprint density at radius 3 is 2.52 bits per heavy atom. The van der Waals surface area contributed by atoms with Crippen LogP contribution >= 0.6 is 0 Å². The molecule has 3 rings (SSSR count). The van der Waals surface area contributed by atoms with E-state index in [2.05, 4.69) is 20.7 Å². The molecule has 8 nitrogen and oxygen atoms in total. The lowest BCUT2D eigenvalue weighted by Crippen LogP contribution is -2.21. The molecule has 0 bridgehead atoms. The predicted octanol–water partition coefficient (Wildman–Crippen LogP) is 2.23. The summed E-state index contributed by atoms with van der Waals surface area (Å²) in [6.07, 6.45) is 1.35. The average Bonchev–Trinajstić information content (AvgIpc) is 2.98. The Kier molecular flexibility index (Phi) is 4.84. The summed E-state index contributed by atoms with van der Waals surface area (Å²) in [5.74, 6) is -1.04. The molecule has 0 fully saturated rings. The van der Waals surface area contributed by atoms with Crippen molar-refractivity contribution in [3.05, 3.63) is 59.7 Å². The fourth-order valence-corrected chi connectivity index (χ4v) is 2.64. The van der Waals surface area contributed by atoms with Crippen LogP contribution in [0.1, 0.15) is 16.1 Å². The predicted molar refractivity (Wildman–Crippen MR) is 98.1 cm³/mol. The van der Waals surface area contributed by atoms with Crippen LogP contribution in [0.15, 0.2) is 42.6 Å². The highest BCUT2D eigenvalue weighted by molar-refractivity contribution is 5.93. The standard InChI is InChI=1S/C18H17FN6O2/c1-10-14(11-8-13(19)15(22-9-11)17(26)21-2)24-25(16(10)23-18(20)27)12-6-4-3-5-7-12/h3-9H,1-2H3,(H,21,26)(H3,20,23,27). The van der Waals surface area contributed by atoms with Gasteiger partial charge in [-0.1, -0.05) is 18.2 Å². The molecule has 0 unspecified atom stereocenters. The molecule has 0 saturated heterocycles. The number of anilines is 1. The summed E-state index contributed by atoms with van der Waals surface area (Å²) < 4.78 is 15.8. The number of carbonyl (C=O) groups excluding carboxylic acids is 2. The van der Waals surface area contributed by atoms with Crippen LogP contribution in [0, 0.1) is 12.7 Å². The number of halogens is 1. The minimum Gasteiger partial charge on any atom is -0.354 e. The molecule has 9 heteroatoms. The Balaban J connectivity index is 2.14. The SMILES string of the molecule is CNC(=O)c1ncc(-c2nn(-c3ccccc3)c(NC(N)=O)c2C)cc1F. The highest BCUT2D eigenvalue weighted by Gasteiger charge is 2.20. The van der Waals surface area contributed by atoms with Crippen LogP contribution in [0.2, 0.25) is 0 Å². The van der Waals surface area contributed by atoms with Crippen molar-refractivity contribution in [1.29, 1.82) is 0 Å². The zero-order valence-electron chi connectivity index (χ0n) is 14.7. The van der Waals surface area contributed by atoms with Crippen LogP contribution in [0.4, 0.5) is 15.0 Å². The molecule has 2 heterocycles. The van der Waals surface area contributed by atoms with E-state index < -0.39 is 17.8 Å². The largest absolute Gasteiger partial charge is 0.354 e. The lowest BCUT2D eigenvalue weighted by Gasteiger charge is -2.07. The molecular weight excluding hydrogens is 351 g/mol. The number of para-hydroxylation sites is 1. The average molecular weight is 368 g/mol. The number of nitrogens with one attached hydrogen (secondary N) is 2. The molecule has 0 aliphatic heterocycles. The van der Waals surface area contributed by atoms with E-state index in [4.69, 9.17) is 5.73 Å². The van der Waals surface area contributed by atoms with Crippen LogP contribution in [-0.4, -0.2) is 33.8 Å². The second-order valence-electron chi connectivity index (χ2n) is 5.69. The van der Waals surface area contributed by atoms with Gasteiger partial charge in [-0.3, -0.25) is 10.1 Å². The van der Waals surface area contributed by atoms with Crippen LogP contribution in [0.25, 0.3) is 16.9 Å². The number of nitrogens with zero attached hydrogens (tertiary/aromatic N) is 3. The molecule has 1 aromatic carbocycles. The normalized spacial score (nSPS) is 10.5. The maximum Gasteiger partial charge on any atom is 0.317 e. The summed E-state index contributed by atoms with van der Waals surface area (Å²) in [6, 6.07) is 9.51. The number of pyridine rings is 1. The summed E-state index contributed by atoms with van der Waals surface area (Å²) >= 11 is 0. The van der Waals surface area contributed by atoms with Gasteiger partial charge in [0.2, 0.25) is 0 Å². The van der Waals surface area contributed by atoms with Gasteiger partial charge in [0.05, 0.1) is 11.4 Å². The van der Waals surface area contributed by atoms with Crippen molar-refractivity contribution in [2.45, 2.75) is 6.92 Å². The molecule has 2 aromatic heterocycles. The second kappa shape index (κ2) is 7.24. The first kappa shape index (κ1) is 18.1. The first-order valence-electron chi connectivity index (χ1n) is 8.02. The van der Waals surface area contributed by atoms with Crippen LogP contribution in [0.3, 0.4) is 0 Å². The quantitative estimate of drug-likeness (QED) is 0.655. The number of rotatable bonds is 4. The monoisotopic (exact) mass is 368 g/mol. The topological polar surface area (TPSA) is 115 Å². The molecule has 3 amide bonds. The molecule has 0 aliphatic carbocycles. The smallest absolute Gasteiger partial charge is 0.317 e. The maximum atomic E-state index is 14.3. The van der Waals surface area contributed by atoms with Gasteiger partial charge in [-0.25, -0.2) is 18.9 Å². The first-order valence-corrected chi connectivity index (χ1v) is 8.02. The van der Waals surface area contributed by atoms with Gasteiger partial charge in [0, 0.05) is 24.4 Å². The number of hydrogen-bond donors (Lipinski definition) is 3. The minimum atomic E-state index is -0.773. The number of urea groups is 1. The molecular formula is C18H17FN6O2. The Hall–Kier alpha value is -3.75. The molecule has 0 spiro atoms. The number of primary amides is 1. The fraction of sp³-hybridized carbons (Fsp3) is 0.111. The number of carbonyl (C=O) groups is 2. The third kappa shape index (κ3) is 3.47. The van der Waals surface area contributed by atoms with Gasteiger partial charge >= 0.3 is 6.03 Å². The van der Waals surface area contributed by atoms with Gasteiger partial charge in [-0.2, -0.15) is 5.10 Å². The maximum absolute atomic E-state index is 14.3. The van der Waals surface area contributed by atoms with E-state index in [1.165, 1.54) is 24.0 Å². The van der Waals surface area contributed by atoms with E-state index in [1.54, 1.807) is 19.1 Å². The van der Waals surface area contributed by atoms with Crippen LogP contribution < -0.4 is 16.4 Å². The van der Waals surface area contributed by atoms with Gasteiger partial charge in [-0.05, 0) is 25.1 Å². The van der Waals surface area contributed by atoms with Crippen molar-refractivity contribution < 1.29 is 14.0 Å². The number of aromatic nitrogens is 3. The molecule has 138 valence electrons. The Morgan fingerprint density at radius 1 is 1.22 bits per heavy atom. The van der Waals surface area contributed by atoms with Gasteiger partial charge in [-0.15, -0.1) is 0 Å². The number of amides is 3. The van der Waals surface area contributed by atoms with Crippen molar-refractivity contribution in [3.8, 4) is 16.9 Å². The molecule has 0 radical (unpaired) electrons. The third-order valence-electron chi connectivity index (χ3n) is 3.92. The zero-order valence-corrected chi connectivity index (χ0v) is 14.7. The summed E-state index contributed by atoms with van der Waals surface area (Å²) in [6.45, 7) is 1.72. The van der Waals surface area contributed by atoms with E-state index >= 15 is 0 Å². The van der Waals surface area contributed by atoms with Gasteiger partial charge in [0.1, 0.15) is 5.82 Å². The minimum absolute atomic E-state index is 0.308. The van der Waals surface area contributed by atoms with E-state index in [-0.39, 0.29) is 5.69 Å². The fourth-order valence-electron chi connectivity index (χ4n) is 2.64. The Bertz CT molecular complexity index is 1020. The highest BCUT2D eigenvalue weighted by atomic mass is 19.1. The summed E-state index contributed by atoms with van der Waals surface area (Å²) in [5, 5.41) is 9.35. The first-order chi connectivity index (χ1) is 12.9. The Labute approximate surface area is 154 Å². The van der Waals surface area contributed by atoms with Crippen molar-refractivity contribution in [2.75, 3.05) is 12.4 Å². The lowest BCUT2D eigenvalue weighted by molar-refractivity contribution is 0.0953. The van der Waals surface area contributed by atoms with Gasteiger partial charge in [0.15, 0.2) is 11.5 Å². The Morgan fingerprint density at radius 2 is 1.93 bits per heavy atom. The number of nitrogens with two attached hydrogens (primary N) is 1. The van der Waals surface area contributed by atoms with E-state index in [1.807, 2.05) is 18.2 Å².